The van der Waals surface area contributed by atoms with Gasteiger partial charge in [-0.1, -0.05) is 28.1 Å². The Morgan fingerprint density at radius 1 is 1.43 bits per heavy atom. The minimum absolute atomic E-state index is 0.0834. The third kappa shape index (κ3) is 3.64. The van der Waals surface area contributed by atoms with Crippen LogP contribution in [-0.4, -0.2) is 35.4 Å². The van der Waals surface area contributed by atoms with E-state index in [-0.39, 0.29) is 11.3 Å². The van der Waals surface area contributed by atoms with E-state index in [2.05, 4.69) is 38.5 Å². The number of carbonyl (C=O) groups excluding carboxylic acids is 1. The molecule has 1 aromatic heterocycles. The monoisotopic (exact) mass is 377 g/mol. The second-order valence-electron chi connectivity index (χ2n) is 5.99. The number of hydrogen-bond donors (Lipinski definition) is 1. The van der Waals surface area contributed by atoms with E-state index in [9.17, 15) is 4.79 Å². The third-order valence-corrected chi connectivity index (χ3v) is 4.93. The second kappa shape index (κ2) is 6.84. The highest BCUT2D eigenvalue weighted by atomic mass is 79.9. The molecule has 1 N–H and O–H groups in total. The number of halogens is 1. The highest BCUT2D eigenvalue weighted by Crippen LogP contribution is 2.35. The highest BCUT2D eigenvalue weighted by molar-refractivity contribution is 9.10. The fraction of sp³-hybridized carbons (Fsp3) is 0.412. The van der Waals surface area contributed by atoms with Gasteiger partial charge in [-0.15, -0.1) is 0 Å². The van der Waals surface area contributed by atoms with Crippen LogP contribution in [-0.2, 0) is 17.2 Å². The van der Waals surface area contributed by atoms with Crippen molar-refractivity contribution in [3.8, 4) is 0 Å². The Morgan fingerprint density at radius 2 is 2.22 bits per heavy atom. The van der Waals surface area contributed by atoms with E-state index < -0.39 is 0 Å². The molecular formula is C17H20BrN3O2. The largest absolute Gasteiger partial charge is 0.381 e. The first kappa shape index (κ1) is 16.2. The quantitative estimate of drug-likeness (QED) is 0.890. The van der Waals surface area contributed by atoms with Crippen molar-refractivity contribution in [2.75, 3.05) is 19.8 Å². The highest BCUT2D eigenvalue weighted by Gasteiger charge is 2.35. The molecule has 122 valence electrons. The predicted octanol–water partition coefficient (Wildman–Crippen LogP) is 2.66. The van der Waals surface area contributed by atoms with Crippen molar-refractivity contribution in [2.45, 2.75) is 18.3 Å². The molecule has 1 aliphatic heterocycles. The van der Waals surface area contributed by atoms with Gasteiger partial charge in [-0.05, 0) is 30.5 Å². The number of nitrogens with one attached hydrogen (secondary N) is 1. The number of ether oxygens (including phenoxy) is 1. The summed E-state index contributed by atoms with van der Waals surface area (Å²) in [6, 6.07) is 8.33. The Balaban J connectivity index is 1.78. The van der Waals surface area contributed by atoms with Crippen molar-refractivity contribution < 1.29 is 9.53 Å². The smallest absolute Gasteiger partial charge is 0.254 e. The summed E-state index contributed by atoms with van der Waals surface area (Å²) in [5.41, 5.74) is 1.74. The van der Waals surface area contributed by atoms with Crippen molar-refractivity contribution in [2.24, 2.45) is 7.05 Å². The molecule has 1 amide bonds. The zero-order valence-corrected chi connectivity index (χ0v) is 14.7. The van der Waals surface area contributed by atoms with Crippen LogP contribution in [0.25, 0.3) is 0 Å². The van der Waals surface area contributed by atoms with E-state index in [1.54, 1.807) is 24.1 Å². The van der Waals surface area contributed by atoms with Gasteiger partial charge in [-0.2, -0.15) is 5.10 Å². The number of aromatic nitrogens is 2. The number of benzene rings is 1. The first-order valence-electron chi connectivity index (χ1n) is 7.70. The number of carbonyl (C=O) groups is 1. The summed E-state index contributed by atoms with van der Waals surface area (Å²) in [4.78, 5) is 12.3. The van der Waals surface area contributed by atoms with E-state index >= 15 is 0 Å². The number of hydrogen-bond acceptors (Lipinski definition) is 3. The van der Waals surface area contributed by atoms with Crippen LogP contribution in [0.5, 0.6) is 0 Å². The van der Waals surface area contributed by atoms with Crippen LogP contribution in [0.2, 0.25) is 0 Å². The van der Waals surface area contributed by atoms with E-state index in [1.165, 1.54) is 5.56 Å². The normalized spacial score (nSPS) is 17.0. The average molecular weight is 378 g/mol. The van der Waals surface area contributed by atoms with Crippen molar-refractivity contribution >= 4 is 21.8 Å². The van der Waals surface area contributed by atoms with E-state index in [0.717, 1.165) is 30.5 Å². The van der Waals surface area contributed by atoms with Crippen LogP contribution in [0.4, 0.5) is 0 Å². The lowest BCUT2D eigenvalue weighted by Gasteiger charge is -2.38. The minimum atomic E-state index is -0.0843. The van der Waals surface area contributed by atoms with Crippen LogP contribution in [0.3, 0.4) is 0 Å². The Hall–Kier alpha value is -1.66. The lowest BCUT2D eigenvalue weighted by Crippen LogP contribution is -2.44. The van der Waals surface area contributed by atoms with Gasteiger partial charge in [0, 0.05) is 42.9 Å². The Labute approximate surface area is 144 Å². The molecule has 0 radical (unpaired) electrons. The van der Waals surface area contributed by atoms with Crippen LogP contribution in [0.15, 0.2) is 41.1 Å². The first-order valence-corrected chi connectivity index (χ1v) is 8.49. The van der Waals surface area contributed by atoms with Crippen LogP contribution in [0, 0.1) is 0 Å². The molecule has 0 bridgehead atoms. The topological polar surface area (TPSA) is 56.2 Å². The van der Waals surface area contributed by atoms with Crippen LogP contribution in [0.1, 0.15) is 28.8 Å². The molecule has 2 aromatic rings. The van der Waals surface area contributed by atoms with E-state index in [4.69, 9.17) is 4.74 Å². The van der Waals surface area contributed by atoms with Crippen LogP contribution >= 0.6 is 15.9 Å². The molecule has 5 nitrogen and oxygen atoms in total. The lowest BCUT2D eigenvalue weighted by atomic mass is 9.74. The lowest BCUT2D eigenvalue weighted by molar-refractivity contribution is 0.0487. The SMILES string of the molecule is Cn1cc(C(=O)NCC2(c3cccc(Br)c3)CCOCC2)cn1. The molecule has 3 rings (SSSR count). The zero-order valence-electron chi connectivity index (χ0n) is 13.1. The van der Waals surface area contributed by atoms with Gasteiger partial charge in [-0.3, -0.25) is 9.48 Å². The maximum atomic E-state index is 12.3. The van der Waals surface area contributed by atoms with Gasteiger partial charge in [0.25, 0.3) is 5.91 Å². The standard InChI is InChI=1S/C17H20BrN3O2/c1-21-11-13(10-20-21)16(22)19-12-17(5-7-23-8-6-17)14-3-2-4-15(18)9-14/h2-4,9-11H,5-8,12H2,1H3,(H,19,22). The summed E-state index contributed by atoms with van der Waals surface area (Å²) in [5, 5.41) is 7.13. The maximum Gasteiger partial charge on any atom is 0.254 e. The van der Waals surface area contributed by atoms with Gasteiger partial charge >= 0.3 is 0 Å². The first-order chi connectivity index (χ1) is 11.1. The van der Waals surface area contributed by atoms with E-state index in [0.29, 0.717) is 12.1 Å². The summed E-state index contributed by atoms with van der Waals surface area (Å²) in [5.74, 6) is -0.0843. The number of amides is 1. The van der Waals surface area contributed by atoms with E-state index in [1.807, 2.05) is 12.1 Å². The Bertz CT molecular complexity index is 693. The predicted molar refractivity (Wildman–Crippen MR) is 91.4 cm³/mol. The summed E-state index contributed by atoms with van der Waals surface area (Å²) < 4.78 is 8.22. The van der Waals surface area contributed by atoms with Crippen molar-refractivity contribution in [3.05, 3.63) is 52.3 Å². The molecule has 0 saturated carbocycles. The van der Waals surface area contributed by atoms with Gasteiger partial charge in [0.1, 0.15) is 0 Å². The van der Waals surface area contributed by atoms with Gasteiger partial charge in [0.15, 0.2) is 0 Å². The van der Waals surface area contributed by atoms with Crippen molar-refractivity contribution in [1.29, 1.82) is 0 Å². The molecule has 1 aromatic carbocycles. The summed E-state index contributed by atoms with van der Waals surface area (Å²) >= 11 is 3.54. The number of rotatable bonds is 4. The zero-order chi connectivity index (χ0) is 16.3. The summed E-state index contributed by atoms with van der Waals surface area (Å²) in [6.07, 6.45) is 5.11. The number of nitrogens with zero attached hydrogens (tertiary/aromatic N) is 2. The van der Waals surface area contributed by atoms with Gasteiger partial charge < -0.3 is 10.1 Å². The molecule has 0 unspecified atom stereocenters. The molecule has 1 aliphatic rings. The summed E-state index contributed by atoms with van der Waals surface area (Å²) in [6.45, 7) is 2.03. The molecule has 1 fully saturated rings. The fourth-order valence-electron chi connectivity index (χ4n) is 3.04. The van der Waals surface area contributed by atoms with Gasteiger partial charge in [-0.25, -0.2) is 0 Å². The third-order valence-electron chi connectivity index (χ3n) is 4.44. The average Bonchev–Trinajstić information content (AvgIpc) is 3.00. The Kier molecular flexibility index (Phi) is 4.82. The molecule has 0 aliphatic carbocycles. The van der Waals surface area contributed by atoms with Gasteiger partial charge in [0.05, 0.1) is 11.8 Å². The van der Waals surface area contributed by atoms with Crippen molar-refractivity contribution in [1.82, 2.24) is 15.1 Å². The van der Waals surface area contributed by atoms with Gasteiger partial charge in [0.2, 0.25) is 0 Å². The van der Waals surface area contributed by atoms with Crippen LogP contribution < -0.4 is 5.32 Å². The maximum absolute atomic E-state index is 12.3. The summed E-state index contributed by atoms with van der Waals surface area (Å²) in [7, 11) is 1.80. The molecule has 23 heavy (non-hydrogen) atoms. The molecule has 6 heteroatoms. The number of aryl methyl sites for hydroxylation is 1. The second-order valence-corrected chi connectivity index (χ2v) is 6.90. The Morgan fingerprint density at radius 3 is 2.87 bits per heavy atom. The molecule has 0 atom stereocenters. The minimum Gasteiger partial charge on any atom is -0.381 e. The fourth-order valence-corrected chi connectivity index (χ4v) is 3.44. The molecular weight excluding hydrogens is 358 g/mol. The molecule has 1 saturated heterocycles. The van der Waals surface area contributed by atoms with Crippen molar-refractivity contribution in [3.63, 3.8) is 0 Å². The molecule has 2 heterocycles. The molecule has 0 spiro atoms.